The van der Waals surface area contributed by atoms with Gasteiger partial charge in [-0.2, -0.15) is 4.31 Å². The normalized spacial score (nSPS) is 16.3. The van der Waals surface area contributed by atoms with E-state index in [4.69, 9.17) is 5.14 Å². The minimum Gasteiger partial charge on any atom is -0.326 e. The molecule has 31 heavy (non-hydrogen) atoms. The van der Waals surface area contributed by atoms with Gasteiger partial charge in [-0.05, 0) is 69.0 Å². The van der Waals surface area contributed by atoms with E-state index in [0.29, 0.717) is 23.4 Å². The average Bonchev–Trinajstić information content (AvgIpc) is 2.66. The standard InChI is InChI=1S/C21H27N3O5S2/c1-14-12-15(2)20(16(3)13-14)31(28,29)24-10-8-17(9-11-24)21(25)23-18-4-6-19(7-5-18)30(22,26)27/h4-7,12-13,17H,8-11H2,1-3H3,(H,23,25)(H2,22,26,27). The predicted molar refractivity (Wildman–Crippen MR) is 119 cm³/mol. The number of nitrogens with two attached hydrogens (primary N) is 1. The first-order valence-electron chi connectivity index (χ1n) is 9.91. The van der Waals surface area contributed by atoms with Gasteiger partial charge in [0.25, 0.3) is 0 Å². The second kappa shape index (κ2) is 8.70. The SMILES string of the molecule is Cc1cc(C)c(S(=O)(=O)N2CCC(C(=O)Nc3ccc(S(N)(=O)=O)cc3)CC2)c(C)c1. The highest BCUT2D eigenvalue weighted by atomic mass is 32.2. The zero-order valence-corrected chi connectivity index (χ0v) is 19.4. The van der Waals surface area contributed by atoms with E-state index in [-0.39, 0.29) is 29.8 Å². The Morgan fingerprint density at radius 3 is 1.97 bits per heavy atom. The number of primary sulfonamides is 1. The van der Waals surface area contributed by atoms with E-state index < -0.39 is 20.0 Å². The van der Waals surface area contributed by atoms with Crippen molar-refractivity contribution in [3.8, 4) is 0 Å². The van der Waals surface area contributed by atoms with E-state index in [1.807, 2.05) is 19.1 Å². The van der Waals surface area contributed by atoms with Crippen LogP contribution in [0.1, 0.15) is 29.5 Å². The van der Waals surface area contributed by atoms with Crippen molar-refractivity contribution in [1.29, 1.82) is 0 Å². The highest BCUT2D eigenvalue weighted by Gasteiger charge is 2.33. The molecule has 10 heteroatoms. The van der Waals surface area contributed by atoms with Crippen LogP contribution in [0.5, 0.6) is 0 Å². The van der Waals surface area contributed by atoms with Crippen LogP contribution in [0.25, 0.3) is 0 Å². The van der Waals surface area contributed by atoms with Crippen molar-refractivity contribution >= 4 is 31.6 Å². The lowest BCUT2D eigenvalue weighted by atomic mass is 9.97. The van der Waals surface area contributed by atoms with Gasteiger partial charge < -0.3 is 5.32 Å². The fourth-order valence-corrected chi connectivity index (χ4v) is 6.43. The van der Waals surface area contributed by atoms with Crippen molar-refractivity contribution < 1.29 is 21.6 Å². The molecular formula is C21H27N3O5S2. The monoisotopic (exact) mass is 465 g/mol. The molecule has 3 rings (SSSR count). The number of benzene rings is 2. The zero-order chi connectivity index (χ0) is 23.0. The highest BCUT2D eigenvalue weighted by molar-refractivity contribution is 7.89. The van der Waals surface area contributed by atoms with Crippen LogP contribution >= 0.6 is 0 Å². The maximum absolute atomic E-state index is 13.2. The number of amides is 1. The molecule has 0 aromatic heterocycles. The molecule has 2 aromatic carbocycles. The van der Waals surface area contributed by atoms with Crippen LogP contribution in [-0.2, 0) is 24.8 Å². The van der Waals surface area contributed by atoms with E-state index in [9.17, 15) is 21.6 Å². The maximum atomic E-state index is 13.2. The number of piperidine rings is 1. The minimum atomic E-state index is -3.80. The smallest absolute Gasteiger partial charge is 0.243 e. The topological polar surface area (TPSA) is 127 Å². The highest BCUT2D eigenvalue weighted by Crippen LogP contribution is 2.29. The van der Waals surface area contributed by atoms with Crippen LogP contribution in [0.3, 0.4) is 0 Å². The Labute approximate surface area is 183 Å². The zero-order valence-electron chi connectivity index (χ0n) is 17.8. The molecule has 0 radical (unpaired) electrons. The molecular weight excluding hydrogens is 438 g/mol. The molecule has 8 nitrogen and oxygen atoms in total. The molecule has 1 amide bonds. The Morgan fingerprint density at radius 2 is 1.48 bits per heavy atom. The summed E-state index contributed by atoms with van der Waals surface area (Å²) in [6.07, 6.45) is 0.814. The summed E-state index contributed by atoms with van der Waals surface area (Å²) in [6.45, 7) is 6.06. The van der Waals surface area contributed by atoms with Gasteiger partial charge in [0.1, 0.15) is 0 Å². The third-order valence-corrected chi connectivity index (χ3v) is 8.61. The summed E-state index contributed by atoms with van der Waals surface area (Å²) >= 11 is 0. The van der Waals surface area contributed by atoms with Gasteiger partial charge in [0.2, 0.25) is 26.0 Å². The average molecular weight is 466 g/mol. The fraction of sp³-hybridized carbons (Fsp3) is 0.381. The number of nitrogens with one attached hydrogen (secondary N) is 1. The van der Waals surface area contributed by atoms with Crippen molar-refractivity contribution in [2.75, 3.05) is 18.4 Å². The lowest BCUT2D eigenvalue weighted by Crippen LogP contribution is -2.41. The summed E-state index contributed by atoms with van der Waals surface area (Å²) in [5.74, 6) is -0.548. The molecule has 0 spiro atoms. The van der Waals surface area contributed by atoms with Crippen LogP contribution < -0.4 is 10.5 Å². The second-order valence-corrected chi connectivity index (χ2v) is 11.4. The number of hydrogen-bond donors (Lipinski definition) is 2. The van der Waals surface area contributed by atoms with E-state index >= 15 is 0 Å². The van der Waals surface area contributed by atoms with E-state index in [1.165, 1.54) is 28.6 Å². The minimum absolute atomic E-state index is 0.0364. The van der Waals surface area contributed by atoms with Crippen LogP contribution in [0, 0.1) is 26.7 Å². The molecule has 0 saturated carbocycles. The molecule has 1 aliphatic heterocycles. The fourth-order valence-electron chi connectivity index (χ4n) is 4.03. The summed E-state index contributed by atoms with van der Waals surface area (Å²) in [7, 11) is -7.43. The van der Waals surface area contributed by atoms with E-state index in [1.54, 1.807) is 13.8 Å². The summed E-state index contributed by atoms with van der Waals surface area (Å²) < 4.78 is 50.5. The third kappa shape index (κ3) is 5.15. The first-order chi connectivity index (χ1) is 14.4. The van der Waals surface area contributed by atoms with Gasteiger partial charge >= 0.3 is 0 Å². The van der Waals surface area contributed by atoms with Crippen molar-refractivity contribution in [2.24, 2.45) is 11.1 Å². The molecule has 168 valence electrons. The van der Waals surface area contributed by atoms with E-state index in [2.05, 4.69) is 5.32 Å². The molecule has 3 N–H and O–H groups in total. The summed E-state index contributed by atoms with van der Waals surface area (Å²) in [6, 6.07) is 9.32. The second-order valence-electron chi connectivity index (χ2n) is 7.96. The molecule has 1 aliphatic rings. The van der Waals surface area contributed by atoms with Gasteiger partial charge in [0, 0.05) is 24.7 Å². The molecule has 0 atom stereocenters. The molecule has 1 saturated heterocycles. The third-order valence-electron chi connectivity index (χ3n) is 5.48. The molecule has 0 aliphatic carbocycles. The molecule has 1 heterocycles. The van der Waals surface area contributed by atoms with Crippen molar-refractivity contribution in [1.82, 2.24) is 4.31 Å². The number of hydrogen-bond acceptors (Lipinski definition) is 5. The number of carbonyl (C=O) groups excluding carboxylic acids is 1. The first-order valence-corrected chi connectivity index (χ1v) is 12.9. The predicted octanol–water partition coefficient (Wildman–Crippen LogP) is 2.30. The Morgan fingerprint density at radius 1 is 0.968 bits per heavy atom. The van der Waals surface area contributed by atoms with Crippen LogP contribution in [-0.4, -0.2) is 40.1 Å². The number of rotatable bonds is 5. The lowest BCUT2D eigenvalue weighted by Gasteiger charge is -2.31. The largest absolute Gasteiger partial charge is 0.326 e. The van der Waals surface area contributed by atoms with Gasteiger partial charge in [-0.15, -0.1) is 0 Å². The quantitative estimate of drug-likeness (QED) is 0.701. The van der Waals surface area contributed by atoms with Crippen molar-refractivity contribution in [2.45, 2.75) is 43.4 Å². The van der Waals surface area contributed by atoms with Gasteiger partial charge in [-0.1, -0.05) is 17.7 Å². The lowest BCUT2D eigenvalue weighted by molar-refractivity contribution is -0.120. The Hall–Kier alpha value is -2.27. The summed E-state index contributed by atoms with van der Waals surface area (Å²) in [5, 5.41) is 7.83. The summed E-state index contributed by atoms with van der Waals surface area (Å²) in [4.78, 5) is 12.9. The number of nitrogens with zero attached hydrogens (tertiary/aromatic N) is 1. The number of carbonyl (C=O) groups is 1. The molecule has 1 fully saturated rings. The number of anilines is 1. The molecule has 2 aromatic rings. The number of aryl methyl sites for hydroxylation is 3. The van der Waals surface area contributed by atoms with Gasteiger partial charge in [-0.3, -0.25) is 4.79 Å². The van der Waals surface area contributed by atoms with Crippen LogP contribution in [0.4, 0.5) is 5.69 Å². The Bertz CT molecular complexity index is 1180. The van der Waals surface area contributed by atoms with Crippen molar-refractivity contribution in [3.63, 3.8) is 0 Å². The Balaban J connectivity index is 1.66. The Kier molecular flexibility index (Phi) is 6.56. The van der Waals surface area contributed by atoms with Crippen LogP contribution in [0.15, 0.2) is 46.2 Å². The van der Waals surface area contributed by atoms with Gasteiger partial charge in [-0.25, -0.2) is 22.0 Å². The van der Waals surface area contributed by atoms with Crippen LogP contribution in [0.2, 0.25) is 0 Å². The molecule has 0 unspecified atom stereocenters. The van der Waals surface area contributed by atoms with Gasteiger partial charge in [0.15, 0.2) is 0 Å². The van der Waals surface area contributed by atoms with Gasteiger partial charge in [0.05, 0.1) is 9.79 Å². The molecule has 0 bridgehead atoms. The maximum Gasteiger partial charge on any atom is 0.243 e. The van der Waals surface area contributed by atoms with Crippen molar-refractivity contribution in [3.05, 3.63) is 53.1 Å². The first kappa shape index (κ1) is 23.4. The van der Waals surface area contributed by atoms with E-state index in [0.717, 1.165) is 16.7 Å². The summed E-state index contributed by atoms with van der Waals surface area (Å²) in [5.41, 5.74) is 2.92. The number of sulfonamides is 2.